The zero-order valence-electron chi connectivity index (χ0n) is 18.8. The second kappa shape index (κ2) is 7.44. The maximum absolute atomic E-state index is 14.5. The highest BCUT2D eigenvalue weighted by atomic mass is 19.1. The largest absolute Gasteiger partial charge is 0.388 e. The van der Waals surface area contributed by atoms with Gasteiger partial charge in [0.1, 0.15) is 11.6 Å². The van der Waals surface area contributed by atoms with Crippen LogP contribution in [-0.2, 0) is 4.79 Å². The number of amides is 1. The minimum Gasteiger partial charge on any atom is -0.388 e. The number of nitrogens with zero attached hydrogens (tertiary/aromatic N) is 3. The van der Waals surface area contributed by atoms with E-state index in [9.17, 15) is 18.7 Å². The SMILES string of the molecule is C=C1/C=C(/c2c(F)cccc2F)N=NC(=C)[C@]2(C(=O)N3CCC(C)(O)C3)CCC1C2(C)C. The fraction of sp³-hybridized carbons (Fsp3) is 0.480. The molecule has 1 aromatic rings. The lowest BCUT2D eigenvalue weighted by Gasteiger charge is -2.44. The summed E-state index contributed by atoms with van der Waals surface area (Å²) in [4.78, 5) is 15.6. The molecule has 4 rings (SSSR count). The number of likely N-dealkylation sites (tertiary alicyclic amines) is 1. The summed E-state index contributed by atoms with van der Waals surface area (Å²) in [6, 6.07) is 3.62. The van der Waals surface area contributed by atoms with Gasteiger partial charge >= 0.3 is 0 Å². The number of allylic oxidation sites excluding steroid dienone is 2. The lowest BCUT2D eigenvalue weighted by molar-refractivity contribution is -0.145. The van der Waals surface area contributed by atoms with Crippen molar-refractivity contribution >= 4 is 11.6 Å². The summed E-state index contributed by atoms with van der Waals surface area (Å²) in [6.07, 6.45) is 3.23. The van der Waals surface area contributed by atoms with Crippen LogP contribution in [0, 0.1) is 28.4 Å². The number of rotatable bonds is 2. The minimum absolute atomic E-state index is 0.0156. The van der Waals surface area contributed by atoms with Crippen LogP contribution in [0.4, 0.5) is 8.78 Å². The first-order valence-electron chi connectivity index (χ1n) is 10.9. The molecule has 1 aliphatic carbocycles. The van der Waals surface area contributed by atoms with Gasteiger partial charge in [0.05, 0.1) is 28.0 Å². The monoisotopic (exact) mass is 441 g/mol. The fourth-order valence-corrected chi connectivity index (χ4v) is 5.77. The number of hydrogen-bond acceptors (Lipinski definition) is 4. The molecule has 1 amide bonds. The summed E-state index contributed by atoms with van der Waals surface area (Å²) < 4.78 is 29.0. The average molecular weight is 442 g/mol. The van der Waals surface area contributed by atoms with E-state index >= 15 is 0 Å². The van der Waals surface area contributed by atoms with Crippen LogP contribution in [0.2, 0.25) is 0 Å². The quantitative estimate of drug-likeness (QED) is 0.681. The number of benzene rings is 1. The van der Waals surface area contributed by atoms with Crippen LogP contribution < -0.4 is 0 Å². The number of hydrogen-bond donors (Lipinski definition) is 1. The van der Waals surface area contributed by atoms with Gasteiger partial charge in [-0.2, -0.15) is 10.2 Å². The van der Waals surface area contributed by atoms with E-state index in [1.807, 2.05) is 13.8 Å². The lowest BCUT2D eigenvalue weighted by Crippen LogP contribution is -2.51. The molecule has 2 unspecified atom stereocenters. The highest BCUT2D eigenvalue weighted by Gasteiger charge is 2.63. The molecule has 1 saturated carbocycles. The van der Waals surface area contributed by atoms with Crippen LogP contribution >= 0.6 is 0 Å². The summed E-state index contributed by atoms with van der Waals surface area (Å²) in [5.74, 6) is -1.77. The van der Waals surface area contributed by atoms with Crippen LogP contribution in [0.5, 0.6) is 0 Å². The van der Waals surface area contributed by atoms with Gasteiger partial charge in [-0.3, -0.25) is 4.79 Å². The molecule has 32 heavy (non-hydrogen) atoms. The molecule has 170 valence electrons. The van der Waals surface area contributed by atoms with Crippen molar-refractivity contribution in [1.82, 2.24) is 4.90 Å². The van der Waals surface area contributed by atoms with Crippen molar-refractivity contribution < 1.29 is 18.7 Å². The van der Waals surface area contributed by atoms with Crippen molar-refractivity contribution in [1.29, 1.82) is 0 Å². The molecule has 2 bridgehead atoms. The first-order valence-corrected chi connectivity index (χ1v) is 10.9. The standard InChI is InChI=1S/C25H29F2N3O2/c1-15-13-20(21-18(26)7-6-8-19(21)27)29-28-16(2)25(10-9-17(15)23(25,3)4)22(31)30-12-11-24(5,32)14-30/h6-8,13,17,32H,1-2,9-12,14H2,3-5H3/b20-13-,29-28?/t17?,24?,25-/m0/s1. The van der Waals surface area contributed by atoms with Crippen molar-refractivity contribution in [2.45, 2.75) is 45.6 Å². The van der Waals surface area contributed by atoms with Gasteiger partial charge in [-0.15, -0.1) is 0 Å². The summed E-state index contributed by atoms with van der Waals surface area (Å²) in [5.41, 5.74) is -1.97. The van der Waals surface area contributed by atoms with Crippen molar-refractivity contribution in [3.05, 3.63) is 65.9 Å². The van der Waals surface area contributed by atoms with E-state index < -0.39 is 28.1 Å². The Morgan fingerprint density at radius 1 is 1.16 bits per heavy atom. The summed E-state index contributed by atoms with van der Waals surface area (Å²) in [6.45, 7) is 14.7. The molecule has 1 saturated heterocycles. The summed E-state index contributed by atoms with van der Waals surface area (Å²) in [5, 5.41) is 18.9. The number of aliphatic hydroxyl groups is 1. The average Bonchev–Trinajstić information content (AvgIpc) is 3.21. The van der Waals surface area contributed by atoms with E-state index in [1.54, 1.807) is 17.9 Å². The zero-order valence-corrected chi connectivity index (χ0v) is 18.8. The Labute approximate surface area is 187 Å². The third kappa shape index (κ3) is 3.25. The third-order valence-electron chi connectivity index (χ3n) is 7.64. The van der Waals surface area contributed by atoms with E-state index in [2.05, 4.69) is 23.4 Å². The number of β-amino-alcohol motifs (C(OH)–C–C–N with tert-alkyl or cyclic N) is 1. The van der Waals surface area contributed by atoms with E-state index in [0.717, 1.165) is 0 Å². The van der Waals surface area contributed by atoms with Crippen LogP contribution in [0.1, 0.15) is 45.6 Å². The van der Waals surface area contributed by atoms with Gasteiger partial charge in [-0.05, 0) is 61.3 Å². The van der Waals surface area contributed by atoms with Gasteiger partial charge < -0.3 is 10.0 Å². The molecular formula is C25H29F2N3O2. The maximum atomic E-state index is 14.5. The number of fused-ring (bicyclic) bond motifs is 2. The van der Waals surface area contributed by atoms with E-state index in [1.165, 1.54) is 18.2 Å². The first-order chi connectivity index (χ1) is 14.9. The summed E-state index contributed by atoms with van der Waals surface area (Å²) >= 11 is 0. The van der Waals surface area contributed by atoms with Gasteiger partial charge in [0.15, 0.2) is 0 Å². The van der Waals surface area contributed by atoms with Crippen LogP contribution in [0.15, 0.2) is 58.9 Å². The molecule has 2 aliphatic heterocycles. The Hall–Kier alpha value is -2.67. The Morgan fingerprint density at radius 3 is 2.41 bits per heavy atom. The number of azo groups is 1. The van der Waals surface area contributed by atoms with Crippen LogP contribution in [0.3, 0.4) is 0 Å². The van der Waals surface area contributed by atoms with Crippen molar-refractivity contribution in [2.24, 2.45) is 27.0 Å². The van der Waals surface area contributed by atoms with E-state index in [0.29, 0.717) is 31.4 Å². The van der Waals surface area contributed by atoms with Crippen molar-refractivity contribution in [3.63, 3.8) is 0 Å². The molecule has 2 fully saturated rings. The molecule has 1 N–H and O–H groups in total. The molecule has 7 heteroatoms. The minimum atomic E-state index is -1.05. The van der Waals surface area contributed by atoms with E-state index in [4.69, 9.17) is 0 Å². The molecule has 0 radical (unpaired) electrons. The van der Waals surface area contributed by atoms with E-state index in [-0.39, 0.29) is 35.3 Å². The van der Waals surface area contributed by atoms with Gasteiger partial charge in [0.25, 0.3) is 0 Å². The Kier molecular flexibility index (Phi) is 5.24. The molecule has 0 aromatic heterocycles. The Balaban J connectivity index is 1.82. The molecular weight excluding hydrogens is 412 g/mol. The van der Waals surface area contributed by atoms with Crippen LogP contribution in [-0.4, -0.2) is 34.6 Å². The fourth-order valence-electron chi connectivity index (χ4n) is 5.77. The third-order valence-corrected chi connectivity index (χ3v) is 7.64. The zero-order chi connectivity index (χ0) is 23.5. The van der Waals surface area contributed by atoms with Crippen molar-refractivity contribution in [2.75, 3.05) is 13.1 Å². The van der Waals surface area contributed by atoms with Crippen molar-refractivity contribution in [3.8, 4) is 0 Å². The van der Waals surface area contributed by atoms with Gasteiger partial charge in [-0.25, -0.2) is 8.78 Å². The lowest BCUT2D eigenvalue weighted by atomic mass is 9.61. The van der Waals surface area contributed by atoms with Gasteiger partial charge in [0.2, 0.25) is 5.91 Å². The molecule has 1 aromatic carbocycles. The molecule has 0 spiro atoms. The molecule has 5 nitrogen and oxygen atoms in total. The number of carbonyl (C=O) groups is 1. The van der Waals surface area contributed by atoms with Gasteiger partial charge in [-0.1, -0.05) is 33.1 Å². The highest BCUT2D eigenvalue weighted by molar-refractivity contribution is 5.88. The highest BCUT2D eigenvalue weighted by Crippen LogP contribution is 2.63. The number of carbonyl (C=O) groups excluding carboxylic acids is 1. The molecule has 2 heterocycles. The normalized spacial score (nSPS) is 33.5. The second-order valence-corrected chi connectivity index (χ2v) is 10.0. The van der Waals surface area contributed by atoms with Gasteiger partial charge in [0, 0.05) is 13.1 Å². The topological polar surface area (TPSA) is 65.3 Å². The predicted octanol–water partition coefficient (Wildman–Crippen LogP) is 5.25. The summed E-state index contributed by atoms with van der Waals surface area (Å²) in [7, 11) is 0. The number of halogens is 2. The first kappa shape index (κ1) is 22.5. The Bertz CT molecular complexity index is 1050. The molecule has 3 atom stereocenters. The smallest absolute Gasteiger partial charge is 0.235 e. The van der Waals surface area contributed by atoms with Crippen LogP contribution in [0.25, 0.3) is 5.70 Å². The Morgan fingerprint density at radius 2 is 1.81 bits per heavy atom. The molecule has 3 aliphatic rings. The maximum Gasteiger partial charge on any atom is 0.235 e. The predicted molar refractivity (Wildman–Crippen MR) is 118 cm³/mol. The second-order valence-electron chi connectivity index (χ2n) is 10.0.